The number of benzene rings is 2. The fraction of sp³-hybridized carbons (Fsp3) is 0.200. The van der Waals surface area contributed by atoms with Crippen molar-refractivity contribution in [3.05, 3.63) is 72.3 Å². The Morgan fingerprint density at radius 3 is 2.60 bits per heavy atom. The Kier molecular flexibility index (Phi) is 5.82. The molecule has 0 saturated carbocycles. The van der Waals surface area contributed by atoms with E-state index in [1.54, 1.807) is 0 Å². The summed E-state index contributed by atoms with van der Waals surface area (Å²) in [7, 11) is 0. The lowest BCUT2D eigenvalue weighted by atomic mass is 10.2. The average molecular weight is 333 g/mol. The molecule has 0 unspecified atom stereocenters. The predicted octanol–water partition coefficient (Wildman–Crippen LogP) is 2.79. The molecule has 0 atom stereocenters. The Hall–Kier alpha value is -3.08. The zero-order valence-corrected chi connectivity index (χ0v) is 14.2. The van der Waals surface area contributed by atoms with Crippen LogP contribution in [0, 0.1) is 0 Å². The first-order valence-electron chi connectivity index (χ1n) is 8.49. The van der Waals surface area contributed by atoms with Crippen molar-refractivity contribution in [1.29, 1.82) is 0 Å². The largest absolute Gasteiger partial charge is 0.370 e. The van der Waals surface area contributed by atoms with E-state index in [4.69, 9.17) is 5.73 Å². The highest BCUT2D eigenvalue weighted by Gasteiger charge is 1.97. The van der Waals surface area contributed by atoms with Crippen LogP contribution in [0.5, 0.6) is 0 Å². The second-order valence-electron chi connectivity index (χ2n) is 5.75. The molecule has 128 valence electrons. The van der Waals surface area contributed by atoms with Gasteiger partial charge in [-0.25, -0.2) is 4.98 Å². The third-order valence-corrected chi connectivity index (χ3v) is 3.86. The number of pyridine rings is 1. The first-order chi connectivity index (χ1) is 12.3. The molecule has 5 heteroatoms. The van der Waals surface area contributed by atoms with E-state index in [1.165, 1.54) is 5.56 Å². The zero-order chi connectivity index (χ0) is 17.3. The molecule has 0 aliphatic rings. The van der Waals surface area contributed by atoms with Gasteiger partial charge in [-0.1, -0.05) is 48.5 Å². The maximum absolute atomic E-state index is 5.89. The number of hydrogen-bond donors (Lipinski definition) is 3. The van der Waals surface area contributed by atoms with E-state index in [-0.39, 0.29) is 0 Å². The van der Waals surface area contributed by atoms with Gasteiger partial charge >= 0.3 is 0 Å². The van der Waals surface area contributed by atoms with Gasteiger partial charge in [0.1, 0.15) is 5.82 Å². The van der Waals surface area contributed by atoms with E-state index in [2.05, 4.69) is 44.9 Å². The zero-order valence-electron chi connectivity index (χ0n) is 14.2. The van der Waals surface area contributed by atoms with E-state index >= 15 is 0 Å². The number of anilines is 1. The molecule has 0 spiro atoms. The van der Waals surface area contributed by atoms with Crippen molar-refractivity contribution in [2.24, 2.45) is 10.7 Å². The Labute approximate surface area is 148 Å². The fourth-order valence-corrected chi connectivity index (χ4v) is 2.55. The minimum atomic E-state index is 0.476. The molecule has 3 aromatic rings. The Balaban J connectivity index is 1.39. The number of nitrogens with zero attached hydrogens (tertiary/aromatic N) is 2. The normalized spacial score (nSPS) is 11.4. The van der Waals surface area contributed by atoms with Crippen LogP contribution in [0.15, 0.2) is 71.7 Å². The molecule has 25 heavy (non-hydrogen) atoms. The summed E-state index contributed by atoms with van der Waals surface area (Å²) in [4.78, 5) is 8.92. The molecular formula is C20H23N5. The second kappa shape index (κ2) is 8.68. The highest BCUT2D eigenvalue weighted by atomic mass is 15.1. The Morgan fingerprint density at radius 1 is 0.920 bits per heavy atom. The van der Waals surface area contributed by atoms with Gasteiger partial charge in [-0.05, 0) is 30.2 Å². The summed E-state index contributed by atoms with van der Waals surface area (Å²) in [5.74, 6) is 1.34. The minimum Gasteiger partial charge on any atom is -0.370 e. The lowest BCUT2D eigenvalue weighted by Crippen LogP contribution is -2.35. The fourth-order valence-electron chi connectivity index (χ4n) is 2.55. The summed E-state index contributed by atoms with van der Waals surface area (Å²) < 4.78 is 0. The molecule has 0 bridgehead atoms. The number of hydrogen-bond acceptors (Lipinski definition) is 3. The third-order valence-electron chi connectivity index (χ3n) is 3.86. The van der Waals surface area contributed by atoms with Crippen molar-refractivity contribution in [3.63, 3.8) is 0 Å². The smallest absolute Gasteiger partial charge is 0.188 e. The van der Waals surface area contributed by atoms with E-state index in [1.807, 2.05) is 42.5 Å². The molecule has 0 radical (unpaired) electrons. The van der Waals surface area contributed by atoms with Gasteiger partial charge in [0.05, 0.1) is 5.52 Å². The topological polar surface area (TPSA) is 75.3 Å². The molecule has 0 fully saturated rings. The number of guanidine groups is 1. The molecule has 1 aromatic heterocycles. The summed E-state index contributed by atoms with van der Waals surface area (Å²) >= 11 is 0. The van der Waals surface area contributed by atoms with Crippen LogP contribution in [0.25, 0.3) is 10.9 Å². The van der Waals surface area contributed by atoms with Crippen LogP contribution in [-0.2, 0) is 6.42 Å². The highest BCUT2D eigenvalue weighted by Crippen LogP contribution is 2.14. The van der Waals surface area contributed by atoms with Crippen LogP contribution in [0.4, 0.5) is 5.82 Å². The number of nitrogens with two attached hydrogens (primary N) is 1. The van der Waals surface area contributed by atoms with Crippen LogP contribution in [0.2, 0.25) is 0 Å². The van der Waals surface area contributed by atoms with Crippen LogP contribution >= 0.6 is 0 Å². The molecule has 4 N–H and O–H groups in total. The van der Waals surface area contributed by atoms with Crippen molar-refractivity contribution < 1.29 is 0 Å². The standard InChI is InChI=1S/C20H23N5/c21-20(23-13-12-16-6-2-1-3-7-16)24-15-14-22-19-11-10-17-8-4-5-9-18(17)25-19/h1-11H,12-15H2,(H,22,25)(H3,21,23,24). The second-order valence-corrected chi connectivity index (χ2v) is 5.75. The van der Waals surface area contributed by atoms with Gasteiger partial charge < -0.3 is 16.4 Å². The van der Waals surface area contributed by atoms with Crippen molar-refractivity contribution in [2.45, 2.75) is 6.42 Å². The van der Waals surface area contributed by atoms with Gasteiger partial charge in [0.2, 0.25) is 0 Å². The van der Waals surface area contributed by atoms with Crippen molar-refractivity contribution in [3.8, 4) is 0 Å². The number of rotatable bonds is 7. The van der Waals surface area contributed by atoms with Crippen LogP contribution in [0.1, 0.15) is 5.56 Å². The summed E-state index contributed by atoms with van der Waals surface area (Å²) in [5.41, 5.74) is 8.14. The molecular weight excluding hydrogens is 310 g/mol. The van der Waals surface area contributed by atoms with Gasteiger partial charge in [0.25, 0.3) is 0 Å². The SMILES string of the molecule is NC(=NCCc1ccccc1)NCCNc1ccc2ccccc2n1. The number of aromatic nitrogens is 1. The van der Waals surface area contributed by atoms with E-state index in [9.17, 15) is 0 Å². The molecule has 0 aliphatic carbocycles. The van der Waals surface area contributed by atoms with Gasteiger partial charge in [-0.3, -0.25) is 4.99 Å². The lowest BCUT2D eigenvalue weighted by Gasteiger charge is -2.08. The van der Waals surface area contributed by atoms with Crippen LogP contribution in [-0.4, -0.2) is 30.6 Å². The molecule has 3 rings (SSSR count). The number of para-hydroxylation sites is 1. The van der Waals surface area contributed by atoms with Gasteiger partial charge in [0.15, 0.2) is 5.96 Å². The van der Waals surface area contributed by atoms with Gasteiger partial charge in [-0.2, -0.15) is 0 Å². The van der Waals surface area contributed by atoms with Crippen LogP contribution < -0.4 is 16.4 Å². The summed E-state index contributed by atoms with van der Waals surface area (Å²) in [5, 5.41) is 7.54. The van der Waals surface area contributed by atoms with E-state index < -0.39 is 0 Å². The van der Waals surface area contributed by atoms with E-state index in [0.29, 0.717) is 19.0 Å². The van der Waals surface area contributed by atoms with Crippen molar-refractivity contribution >= 4 is 22.7 Å². The van der Waals surface area contributed by atoms with Gasteiger partial charge in [-0.15, -0.1) is 0 Å². The average Bonchev–Trinajstić information content (AvgIpc) is 2.66. The molecule has 0 saturated heterocycles. The number of aliphatic imine (C=N–C) groups is 1. The third kappa shape index (κ3) is 5.21. The van der Waals surface area contributed by atoms with E-state index in [0.717, 1.165) is 29.7 Å². The quantitative estimate of drug-likeness (QED) is 0.353. The van der Waals surface area contributed by atoms with Gasteiger partial charge in [0, 0.05) is 25.0 Å². The maximum atomic E-state index is 5.89. The summed E-state index contributed by atoms with van der Waals surface area (Å²) in [6.45, 7) is 2.10. The molecule has 5 nitrogen and oxygen atoms in total. The Bertz CT molecular complexity index is 830. The molecule has 0 amide bonds. The minimum absolute atomic E-state index is 0.476. The predicted molar refractivity (Wildman–Crippen MR) is 105 cm³/mol. The Morgan fingerprint density at radius 2 is 1.72 bits per heavy atom. The van der Waals surface area contributed by atoms with Crippen molar-refractivity contribution in [1.82, 2.24) is 10.3 Å². The molecule has 2 aromatic carbocycles. The number of fused-ring (bicyclic) bond motifs is 1. The maximum Gasteiger partial charge on any atom is 0.188 e. The first kappa shape index (κ1) is 16.8. The summed E-state index contributed by atoms with van der Waals surface area (Å²) in [6.07, 6.45) is 0.891. The van der Waals surface area contributed by atoms with Crippen LogP contribution in [0.3, 0.4) is 0 Å². The molecule has 1 heterocycles. The summed E-state index contributed by atoms with van der Waals surface area (Å²) in [6, 6.07) is 22.4. The monoisotopic (exact) mass is 333 g/mol. The first-order valence-corrected chi connectivity index (χ1v) is 8.49. The number of nitrogens with one attached hydrogen (secondary N) is 2. The highest BCUT2D eigenvalue weighted by molar-refractivity contribution is 5.80. The lowest BCUT2D eigenvalue weighted by molar-refractivity contribution is 0.872. The van der Waals surface area contributed by atoms with Crippen molar-refractivity contribution in [2.75, 3.05) is 25.0 Å². The molecule has 0 aliphatic heterocycles.